The molecule has 102 valence electrons. The van der Waals surface area contributed by atoms with Crippen LogP contribution in [0.25, 0.3) is 0 Å². The summed E-state index contributed by atoms with van der Waals surface area (Å²) < 4.78 is 5.32. The summed E-state index contributed by atoms with van der Waals surface area (Å²) in [5.74, 6) is -0.111. The van der Waals surface area contributed by atoms with Gasteiger partial charge in [-0.2, -0.15) is 0 Å². The number of amides is 1. The second-order valence-corrected chi connectivity index (χ2v) is 4.39. The van der Waals surface area contributed by atoms with Gasteiger partial charge in [-0.3, -0.25) is 9.59 Å². The number of halogens is 1. The van der Waals surface area contributed by atoms with E-state index in [1.54, 1.807) is 30.3 Å². The third kappa shape index (κ3) is 3.59. The molecule has 0 aliphatic rings. The number of aldehydes is 1. The number of anilines is 1. The number of rotatable bonds is 5. The minimum Gasteiger partial charge on any atom is -0.481 e. The molecule has 4 nitrogen and oxygen atoms in total. The minimum absolute atomic E-state index is 0.215. The zero-order valence-electron chi connectivity index (χ0n) is 10.5. The van der Waals surface area contributed by atoms with Crippen LogP contribution in [0.5, 0.6) is 5.75 Å². The van der Waals surface area contributed by atoms with Crippen LogP contribution < -0.4 is 10.1 Å². The molecule has 1 N–H and O–H groups in total. The number of para-hydroxylation sites is 2. The van der Waals surface area contributed by atoms with Gasteiger partial charge in [-0.05, 0) is 24.3 Å². The summed E-state index contributed by atoms with van der Waals surface area (Å²) in [6.45, 7) is -0.223. The van der Waals surface area contributed by atoms with Crippen LogP contribution in [0.15, 0.2) is 48.5 Å². The second kappa shape index (κ2) is 6.73. The minimum atomic E-state index is -0.326. The number of carbonyl (C=O) groups is 2. The van der Waals surface area contributed by atoms with Gasteiger partial charge in [-0.25, -0.2) is 0 Å². The van der Waals surface area contributed by atoms with E-state index in [9.17, 15) is 9.59 Å². The Hall–Kier alpha value is -2.33. The predicted octanol–water partition coefficient (Wildman–Crippen LogP) is 3.17. The lowest BCUT2D eigenvalue weighted by Crippen LogP contribution is -2.20. The SMILES string of the molecule is O=Cc1cccc(Cl)c1OCC(=O)Nc1ccccc1. The Labute approximate surface area is 121 Å². The molecular weight excluding hydrogens is 278 g/mol. The lowest BCUT2D eigenvalue weighted by molar-refractivity contribution is -0.118. The van der Waals surface area contributed by atoms with Gasteiger partial charge >= 0.3 is 0 Å². The Morgan fingerprint density at radius 2 is 1.90 bits per heavy atom. The van der Waals surface area contributed by atoms with Crippen molar-refractivity contribution in [2.75, 3.05) is 11.9 Å². The molecule has 2 rings (SSSR count). The van der Waals surface area contributed by atoms with E-state index in [2.05, 4.69) is 5.32 Å². The summed E-state index contributed by atoms with van der Waals surface area (Å²) in [6.07, 6.45) is 0.635. The van der Waals surface area contributed by atoms with Crippen molar-refractivity contribution in [3.05, 3.63) is 59.1 Å². The first-order valence-corrected chi connectivity index (χ1v) is 6.30. The molecule has 0 heterocycles. The molecule has 0 aliphatic carbocycles. The molecule has 20 heavy (non-hydrogen) atoms. The predicted molar refractivity (Wildman–Crippen MR) is 77.4 cm³/mol. The number of hydrogen-bond donors (Lipinski definition) is 1. The van der Waals surface area contributed by atoms with Gasteiger partial charge in [0.25, 0.3) is 5.91 Å². The van der Waals surface area contributed by atoms with Gasteiger partial charge in [0.05, 0.1) is 10.6 Å². The number of ether oxygens (including phenoxy) is 1. The number of benzene rings is 2. The van der Waals surface area contributed by atoms with Crippen molar-refractivity contribution in [3.63, 3.8) is 0 Å². The quantitative estimate of drug-likeness (QED) is 0.860. The van der Waals surface area contributed by atoms with Gasteiger partial charge in [0.1, 0.15) is 5.75 Å². The standard InChI is InChI=1S/C15H12ClNO3/c16-13-8-4-5-11(9-18)15(13)20-10-14(19)17-12-6-2-1-3-7-12/h1-9H,10H2,(H,17,19). The molecule has 0 saturated carbocycles. The van der Waals surface area contributed by atoms with Gasteiger partial charge in [-0.15, -0.1) is 0 Å². The van der Waals surface area contributed by atoms with Crippen LogP contribution in [0.4, 0.5) is 5.69 Å². The largest absolute Gasteiger partial charge is 0.481 e. The van der Waals surface area contributed by atoms with Crippen LogP contribution >= 0.6 is 11.6 Å². The fraction of sp³-hybridized carbons (Fsp3) is 0.0667. The van der Waals surface area contributed by atoms with E-state index in [-0.39, 0.29) is 18.3 Å². The van der Waals surface area contributed by atoms with E-state index in [1.165, 1.54) is 0 Å². The molecule has 0 unspecified atom stereocenters. The normalized spacial score (nSPS) is 9.85. The number of nitrogens with one attached hydrogen (secondary N) is 1. The summed E-state index contributed by atoms with van der Waals surface area (Å²) >= 11 is 5.94. The first-order valence-electron chi connectivity index (χ1n) is 5.92. The Morgan fingerprint density at radius 3 is 2.60 bits per heavy atom. The van der Waals surface area contributed by atoms with Crippen LogP contribution in [0.3, 0.4) is 0 Å². The molecule has 2 aromatic carbocycles. The van der Waals surface area contributed by atoms with Crippen molar-refractivity contribution in [3.8, 4) is 5.75 Å². The molecule has 0 fully saturated rings. The molecule has 0 aliphatic heterocycles. The van der Waals surface area contributed by atoms with Crippen LogP contribution in [0.2, 0.25) is 5.02 Å². The highest BCUT2D eigenvalue weighted by atomic mass is 35.5. The first-order chi connectivity index (χ1) is 9.70. The highest BCUT2D eigenvalue weighted by molar-refractivity contribution is 6.32. The van der Waals surface area contributed by atoms with E-state index < -0.39 is 0 Å². The van der Waals surface area contributed by atoms with Gasteiger partial charge in [0.2, 0.25) is 0 Å². The first kappa shape index (κ1) is 14.1. The molecular formula is C15H12ClNO3. The zero-order valence-corrected chi connectivity index (χ0v) is 11.3. The average molecular weight is 290 g/mol. The molecule has 0 radical (unpaired) electrons. The van der Waals surface area contributed by atoms with Gasteiger partial charge < -0.3 is 10.1 Å². The second-order valence-electron chi connectivity index (χ2n) is 3.98. The molecule has 2 aromatic rings. The van der Waals surface area contributed by atoms with Crippen LogP contribution in [-0.4, -0.2) is 18.8 Å². The lowest BCUT2D eigenvalue weighted by Gasteiger charge is -2.10. The van der Waals surface area contributed by atoms with Crippen molar-refractivity contribution in [1.29, 1.82) is 0 Å². The smallest absolute Gasteiger partial charge is 0.262 e. The zero-order chi connectivity index (χ0) is 14.4. The van der Waals surface area contributed by atoms with Gasteiger partial charge in [-0.1, -0.05) is 35.9 Å². The Bertz CT molecular complexity index is 614. The Morgan fingerprint density at radius 1 is 1.15 bits per heavy atom. The maximum Gasteiger partial charge on any atom is 0.262 e. The molecule has 0 saturated heterocycles. The van der Waals surface area contributed by atoms with E-state index in [0.29, 0.717) is 22.6 Å². The molecule has 0 atom stereocenters. The fourth-order valence-corrected chi connectivity index (χ4v) is 1.86. The summed E-state index contributed by atoms with van der Waals surface area (Å²) in [7, 11) is 0. The van der Waals surface area contributed by atoms with E-state index in [1.807, 2.05) is 18.2 Å². The monoisotopic (exact) mass is 289 g/mol. The van der Waals surface area contributed by atoms with Crippen molar-refractivity contribution in [2.24, 2.45) is 0 Å². The van der Waals surface area contributed by atoms with Crippen molar-refractivity contribution in [1.82, 2.24) is 0 Å². The topological polar surface area (TPSA) is 55.4 Å². The Balaban J connectivity index is 1.99. The maximum absolute atomic E-state index is 11.7. The third-order valence-electron chi connectivity index (χ3n) is 2.53. The van der Waals surface area contributed by atoms with Crippen LogP contribution in [-0.2, 0) is 4.79 Å². The lowest BCUT2D eigenvalue weighted by atomic mass is 10.2. The molecule has 0 spiro atoms. The Kier molecular flexibility index (Phi) is 4.74. The molecule has 0 bridgehead atoms. The highest BCUT2D eigenvalue weighted by Gasteiger charge is 2.10. The highest BCUT2D eigenvalue weighted by Crippen LogP contribution is 2.27. The summed E-state index contributed by atoms with van der Waals surface area (Å²) in [4.78, 5) is 22.6. The van der Waals surface area contributed by atoms with Crippen molar-refractivity contribution >= 4 is 29.5 Å². The maximum atomic E-state index is 11.7. The average Bonchev–Trinajstić information content (AvgIpc) is 2.46. The number of carbonyl (C=O) groups excluding carboxylic acids is 2. The molecule has 0 aromatic heterocycles. The van der Waals surface area contributed by atoms with Crippen LogP contribution in [0.1, 0.15) is 10.4 Å². The van der Waals surface area contributed by atoms with Crippen molar-refractivity contribution in [2.45, 2.75) is 0 Å². The fourth-order valence-electron chi connectivity index (χ4n) is 1.63. The van der Waals surface area contributed by atoms with Crippen molar-refractivity contribution < 1.29 is 14.3 Å². The van der Waals surface area contributed by atoms with E-state index in [0.717, 1.165) is 0 Å². The van der Waals surface area contributed by atoms with Gasteiger partial charge in [0, 0.05) is 5.69 Å². The van der Waals surface area contributed by atoms with E-state index >= 15 is 0 Å². The summed E-state index contributed by atoms with van der Waals surface area (Å²) in [5.41, 5.74) is 0.987. The molecule has 5 heteroatoms. The van der Waals surface area contributed by atoms with Crippen LogP contribution in [0, 0.1) is 0 Å². The number of hydrogen-bond acceptors (Lipinski definition) is 3. The summed E-state index contributed by atoms with van der Waals surface area (Å²) in [6, 6.07) is 13.8. The summed E-state index contributed by atoms with van der Waals surface area (Å²) in [5, 5.41) is 2.97. The van der Waals surface area contributed by atoms with Gasteiger partial charge in [0.15, 0.2) is 12.9 Å². The third-order valence-corrected chi connectivity index (χ3v) is 2.83. The van der Waals surface area contributed by atoms with E-state index in [4.69, 9.17) is 16.3 Å². The molecule has 1 amide bonds.